The highest BCUT2D eigenvalue weighted by molar-refractivity contribution is 7.22. The van der Waals surface area contributed by atoms with E-state index in [9.17, 15) is 4.79 Å². The summed E-state index contributed by atoms with van der Waals surface area (Å²) in [7, 11) is 1.64. The second-order valence-electron chi connectivity index (χ2n) is 6.50. The first kappa shape index (κ1) is 20.6. The van der Waals surface area contributed by atoms with Crippen LogP contribution in [-0.2, 0) is 0 Å². The molecule has 0 aliphatic rings. The van der Waals surface area contributed by atoms with Crippen molar-refractivity contribution in [1.29, 1.82) is 0 Å². The molecule has 0 bridgehead atoms. The van der Waals surface area contributed by atoms with E-state index in [2.05, 4.69) is 13.8 Å². The molecule has 3 aromatic rings. The number of amides is 1. The minimum Gasteiger partial charge on any atom is -0.497 e. The monoisotopic (exact) mass is 418 g/mol. The molecule has 1 N–H and O–H groups in total. The van der Waals surface area contributed by atoms with Crippen molar-refractivity contribution in [3.05, 3.63) is 53.1 Å². The SMILES string of the molecule is CC[NH+](CC)CCN(C(=O)c1cccc(Cl)c1)c1nc2cc(OC)ccc2s1. The minimum atomic E-state index is -0.0833. The normalized spacial score (nSPS) is 11.2. The van der Waals surface area contributed by atoms with Crippen molar-refractivity contribution in [3.63, 3.8) is 0 Å². The summed E-state index contributed by atoms with van der Waals surface area (Å²) in [4.78, 5) is 21.2. The van der Waals surface area contributed by atoms with Crippen molar-refractivity contribution < 1.29 is 14.4 Å². The highest BCUT2D eigenvalue weighted by atomic mass is 35.5. The van der Waals surface area contributed by atoms with Crippen LogP contribution in [0.1, 0.15) is 24.2 Å². The fourth-order valence-electron chi connectivity index (χ4n) is 3.07. The zero-order valence-electron chi connectivity index (χ0n) is 16.4. The number of ether oxygens (including phenoxy) is 1. The van der Waals surface area contributed by atoms with Crippen LogP contribution in [-0.4, -0.2) is 44.2 Å². The average Bonchev–Trinajstić information content (AvgIpc) is 3.13. The summed E-state index contributed by atoms with van der Waals surface area (Å²) in [6, 6.07) is 12.9. The first-order chi connectivity index (χ1) is 13.5. The van der Waals surface area contributed by atoms with Gasteiger partial charge in [-0.05, 0) is 44.2 Å². The van der Waals surface area contributed by atoms with Gasteiger partial charge in [0.25, 0.3) is 5.91 Å². The maximum atomic E-state index is 13.3. The third kappa shape index (κ3) is 4.63. The van der Waals surface area contributed by atoms with Gasteiger partial charge in [-0.1, -0.05) is 29.0 Å². The van der Waals surface area contributed by atoms with Crippen LogP contribution in [0.25, 0.3) is 10.2 Å². The zero-order valence-corrected chi connectivity index (χ0v) is 17.9. The summed E-state index contributed by atoms with van der Waals surface area (Å²) in [6.07, 6.45) is 0. The lowest BCUT2D eigenvalue weighted by atomic mass is 10.2. The van der Waals surface area contributed by atoms with Crippen molar-refractivity contribution in [2.45, 2.75) is 13.8 Å². The van der Waals surface area contributed by atoms with Gasteiger partial charge in [0.05, 0.1) is 43.5 Å². The van der Waals surface area contributed by atoms with E-state index in [1.807, 2.05) is 18.2 Å². The number of carbonyl (C=O) groups is 1. The van der Waals surface area contributed by atoms with Gasteiger partial charge >= 0.3 is 0 Å². The standard InChI is InChI=1S/C21H24ClN3O2S/c1-4-24(5-2)11-12-25(20(26)15-7-6-8-16(22)13-15)21-23-18-14-17(27-3)9-10-19(18)28-21/h6-10,13-14H,4-5,11-12H2,1-3H3/p+1. The molecule has 1 amide bonds. The third-order valence-corrected chi connectivity index (χ3v) is 6.11. The number of hydrogen-bond acceptors (Lipinski definition) is 4. The minimum absolute atomic E-state index is 0.0833. The number of halogens is 1. The molecular formula is C21H25ClN3O2S+. The maximum absolute atomic E-state index is 13.3. The molecule has 3 rings (SSSR count). The number of likely N-dealkylation sites (N-methyl/N-ethyl adjacent to an activating group) is 1. The lowest BCUT2D eigenvalue weighted by Gasteiger charge is -2.23. The molecule has 0 aliphatic heterocycles. The van der Waals surface area contributed by atoms with Crippen molar-refractivity contribution in [2.75, 3.05) is 38.2 Å². The molecule has 2 aromatic carbocycles. The Hall–Kier alpha value is -2.15. The Morgan fingerprint density at radius 2 is 2.00 bits per heavy atom. The van der Waals surface area contributed by atoms with Gasteiger partial charge in [-0.25, -0.2) is 4.98 Å². The Morgan fingerprint density at radius 3 is 2.68 bits per heavy atom. The molecule has 0 aliphatic carbocycles. The summed E-state index contributed by atoms with van der Waals surface area (Å²) >= 11 is 7.62. The van der Waals surface area contributed by atoms with Crippen LogP contribution < -0.4 is 14.5 Å². The number of hydrogen-bond donors (Lipinski definition) is 1. The Labute approximate surface area is 174 Å². The number of rotatable bonds is 8. The number of carbonyl (C=O) groups excluding carboxylic acids is 1. The maximum Gasteiger partial charge on any atom is 0.260 e. The number of quaternary nitrogens is 1. The van der Waals surface area contributed by atoms with Gasteiger partial charge in [0.2, 0.25) is 0 Å². The average molecular weight is 419 g/mol. The number of methoxy groups -OCH3 is 1. The molecule has 1 heterocycles. The Balaban J connectivity index is 1.96. The number of benzene rings is 2. The molecule has 0 unspecified atom stereocenters. The molecule has 0 fully saturated rings. The predicted octanol–water partition coefficient (Wildman–Crippen LogP) is 3.53. The van der Waals surface area contributed by atoms with Crippen molar-refractivity contribution in [1.82, 2.24) is 4.98 Å². The van der Waals surface area contributed by atoms with Gasteiger partial charge in [0.1, 0.15) is 5.75 Å². The van der Waals surface area contributed by atoms with E-state index in [1.54, 1.807) is 36.3 Å². The van der Waals surface area contributed by atoms with Crippen LogP contribution >= 0.6 is 22.9 Å². The lowest BCUT2D eigenvalue weighted by molar-refractivity contribution is -0.894. The first-order valence-electron chi connectivity index (χ1n) is 9.41. The summed E-state index contributed by atoms with van der Waals surface area (Å²) in [5, 5.41) is 1.24. The molecule has 1 aromatic heterocycles. The predicted molar refractivity (Wildman–Crippen MR) is 116 cm³/mol. The number of nitrogens with one attached hydrogen (secondary N) is 1. The number of anilines is 1. The van der Waals surface area contributed by atoms with Crippen molar-refractivity contribution >= 4 is 44.2 Å². The molecule has 5 nitrogen and oxygen atoms in total. The van der Waals surface area contributed by atoms with Crippen LogP contribution in [0.2, 0.25) is 5.02 Å². The van der Waals surface area contributed by atoms with Crippen LogP contribution in [0.3, 0.4) is 0 Å². The molecule has 148 valence electrons. The van der Waals surface area contributed by atoms with Gasteiger partial charge in [0.15, 0.2) is 5.13 Å². The van der Waals surface area contributed by atoms with Crippen LogP contribution in [0.4, 0.5) is 5.13 Å². The topological polar surface area (TPSA) is 46.9 Å². The van der Waals surface area contributed by atoms with E-state index in [0.29, 0.717) is 22.3 Å². The number of thiazole rings is 1. The van der Waals surface area contributed by atoms with E-state index >= 15 is 0 Å². The number of nitrogens with zero attached hydrogens (tertiary/aromatic N) is 2. The van der Waals surface area contributed by atoms with E-state index in [1.165, 1.54) is 16.2 Å². The first-order valence-corrected chi connectivity index (χ1v) is 10.6. The van der Waals surface area contributed by atoms with Gasteiger partial charge in [-0.3, -0.25) is 9.69 Å². The van der Waals surface area contributed by atoms with E-state index < -0.39 is 0 Å². The van der Waals surface area contributed by atoms with Gasteiger partial charge < -0.3 is 9.64 Å². The number of aromatic nitrogens is 1. The highest BCUT2D eigenvalue weighted by Crippen LogP contribution is 2.32. The van der Waals surface area contributed by atoms with Crippen LogP contribution in [0.15, 0.2) is 42.5 Å². The largest absolute Gasteiger partial charge is 0.497 e. The molecule has 0 radical (unpaired) electrons. The van der Waals surface area contributed by atoms with Gasteiger partial charge in [-0.15, -0.1) is 0 Å². The second kappa shape index (κ2) is 9.37. The molecule has 0 spiro atoms. The lowest BCUT2D eigenvalue weighted by Crippen LogP contribution is -3.12. The smallest absolute Gasteiger partial charge is 0.260 e. The number of fused-ring (bicyclic) bond motifs is 1. The quantitative estimate of drug-likeness (QED) is 0.608. The second-order valence-corrected chi connectivity index (χ2v) is 7.95. The molecule has 28 heavy (non-hydrogen) atoms. The summed E-state index contributed by atoms with van der Waals surface area (Å²) in [6.45, 7) is 7.81. The summed E-state index contributed by atoms with van der Waals surface area (Å²) in [5.74, 6) is 0.671. The molecule has 0 saturated heterocycles. The fourth-order valence-corrected chi connectivity index (χ4v) is 4.23. The molecule has 0 atom stereocenters. The highest BCUT2D eigenvalue weighted by Gasteiger charge is 2.23. The zero-order chi connectivity index (χ0) is 20.1. The van der Waals surface area contributed by atoms with Gasteiger partial charge in [0, 0.05) is 16.7 Å². The van der Waals surface area contributed by atoms with E-state index in [0.717, 1.165) is 35.6 Å². The van der Waals surface area contributed by atoms with E-state index in [4.69, 9.17) is 21.3 Å². The van der Waals surface area contributed by atoms with Crippen LogP contribution in [0.5, 0.6) is 5.75 Å². The van der Waals surface area contributed by atoms with Gasteiger partial charge in [-0.2, -0.15) is 0 Å². The fraction of sp³-hybridized carbons (Fsp3) is 0.333. The molecule has 0 saturated carbocycles. The summed E-state index contributed by atoms with van der Waals surface area (Å²) < 4.78 is 6.32. The van der Waals surface area contributed by atoms with Crippen LogP contribution in [0, 0.1) is 0 Å². The Morgan fingerprint density at radius 1 is 1.21 bits per heavy atom. The van der Waals surface area contributed by atoms with Crippen molar-refractivity contribution in [3.8, 4) is 5.75 Å². The Kier molecular flexibility index (Phi) is 6.88. The Bertz CT molecular complexity index is 956. The van der Waals surface area contributed by atoms with E-state index in [-0.39, 0.29) is 5.91 Å². The molecule has 7 heteroatoms. The van der Waals surface area contributed by atoms with Crippen molar-refractivity contribution in [2.24, 2.45) is 0 Å². The third-order valence-electron chi connectivity index (χ3n) is 4.82. The molecular weight excluding hydrogens is 394 g/mol. The summed E-state index contributed by atoms with van der Waals surface area (Å²) in [5.41, 5.74) is 1.40.